The van der Waals surface area contributed by atoms with Gasteiger partial charge in [0.25, 0.3) is 0 Å². The van der Waals surface area contributed by atoms with E-state index in [0.29, 0.717) is 17.2 Å². The van der Waals surface area contributed by atoms with E-state index in [1.54, 1.807) is 31.3 Å². The fraction of sp³-hybridized carbons (Fsp3) is 0.231. The Morgan fingerprint density at radius 3 is 2.57 bits per heavy atom. The quantitative estimate of drug-likeness (QED) is 0.881. The van der Waals surface area contributed by atoms with E-state index in [4.69, 9.17) is 5.14 Å². The van der Waals surface area contributed by atoms with Crippen LogP contribution >= 0.6 is 0 Å². The third kappa shape index (κ3) is 3.67. The van der Waals surface area contributed by atoms with Gasteiger partial charge in [0.05, 0.1) is 4.90 Å². The summed E-state index contributed by atoms with van der Waals surface area (Å²) in [5.41, 5.74) is 1.14. The van der Waals surface area contributed by atoms with E-state index in [1.807, 2.05) is 19.0 Å². The number of aromatic nitrogens is 2. The average Bonchev–Trinajstić information content (AvgIpc) is 2.40. The molecule has 8 heteroatoms. The Morgan fingerprint density at radius 2 is 1.95 bits per heavy atom. The molecule has 0 atom stereocenters. The molecule has 0 amide bonds. The lowest BCUT2D eigenvalue weighted by Gasteiger charge is -2.13. The van der Waals surface area contributed by atoms with Crippen LogP contribution in [0.3, 0.4) is 0 Å². The molecule has 1 aromatic carbocycles. The first-order chi connectivity index (χ1) is 9.77. The van der Waals surface area contributed by atoms with Crippen LogP contribution in [0.2, 0.25) is 0 Å². The lowest BCUT2D eigenvalue weighted by molar-refractivity contribution is 0.597. The third-order valence-corrected chi connectivity index (χ3v) is 3.90. The Kier molecular flexibility index (Phi) is 4.10. The van der Waals surface area contributed by atoms with Gasteiger partial charge in [-0.15, -0.1) is 0 Å². The van der Waals surface area contributed by atoms with Crippen LogP contribution in [-0.2, 0) is 10.0 Å². The number of nitrogens with two attached hydrogens (primary N) is 1. The predicted octanol–water partition coefficient (Wildman–Crippen LogP) is 1.24. The van der Waals surface area contributed by atoms with Crippen LogP contribution in [0.1, 0.15) is 5.56 Å². The van der Waals surface area contributed by atoms with Gasteiger partial charge in [0.1, 0.15) is 5.82 Å². The third-order valence-electron chi connectivity index (χ3n) is 2.85. The molecule has 21 heavy (non-hydrogen) atoms. The summed E-state index contributed by atoms with van der Waals surface area (Å²) in [6.07, 6.45) is 1.62. The summed E-state index contributed by atoms with van der Waals surface area (Å²) >= 11 is 0. The Labute approximate surface area is 123 Å². The highest BCUT2D eigenvalue weighted by Gasteiger charge is 2.12. The highest BCUT2D eigenvalue weighted by atomic mass is 32.2. The summed E-state index contributed by atoms with van der Waals surface area (Å²) < 4.78 is 23.0. The first-order valence-electron chi connectivity index (χ1n) is 6.18. The zero-order valence-corrected chi connectivity index (χ0v) is 12.8. The van der Waals surface area contributed by atoms with Crippen molar-refractivity contribution in [2.45, 2.75) is 11.8 Å². The molecular weight excluding hydrogens is 290 g/mol. The van der Waals surface area contributed by atoms with Gasteiger partial charge in [-0.05, 0) is 30.7 Å². The Morgan fingerprint density at radius 1 is 1.24 bits per heavy atom. The Hall–Kier alpha value is -2.19. The molecule has 0 aliphatic rings. The minimum atomic E-state index is -3.76. The van der Waals surface area contributed by atoms with E-state index in [0.717, 1.165) is 5.82 Å². The molecule has 0 fully saturated rings. The summed E-state index contributed by atoms with van der Waals surface area (Å²) in [5.74, 6) is 1.12. The fourth-order valence-electron chi connectivity index (χ4n) is 1.77. The molecule has 1 heterocycles. The first-order valence-corrected chi connectivity index (χ1v) is 7.73. The van der Waals surface area contributed by atoms with E-state index in [-0.39, 0.29) is 4.90 Å². The number of benzene rings is 1. The largest absolute Gasteiger partial charge is 0.363 e. The fourth-order valence-corrected chi connectivity index (χ4v) is 2.58. The van der Waals surface area contributed by atoms with Gasteiger partial charge in [-0.1, -0.05) is 6.07 Å². The molecule has 2 rings (SSSR count). The second kappa shape index (κ2) is 5.66. The molecule has 0 aliphatic heterocycles. The van der Waals surface area contributed by atoms with Crippen LogP contribution in [0.4, 0.5) is 17.5 Å². The smallest absolute Gasteiger partial charge is 0.238 e. The van der Waals surface area contributed by atoms with Gasteiger partial charge >= 0.3 is 0 Å². The van der Waals surface area contributed by atoms with Crippen molar-refractivity contribution in [2.75, 3.05) is 24.3 Å². The first kappa shape index (κ1) is 15.2. The number of aryl methyl sites for hydroxylation is 1. The van der Waals surface area contributed by atoms with E-state index in [9.17, 15) is 8.42 Å². The van der Waals surface area contributed by atoms with Crippen molar-refractivity contribution in [2.24, 2.45) is 5.14 Å². The van der Waals surface area contributed by atoms with Crippen molar-refractivity contribution in [1.82, 2.24) is 9.97 Å². The molecule has 0 spiro atoms. The summed E-state index contributed by atoms with van der Waals surface area (Å²) in [6, 6.07) is 6.67. The number of anilines is 3. The number of primary sulfonamides is 1. The maximum atomic E-state index is 11.5. The number of rotatable bonds is 4. The van der Waals surface area contributed by atoms with Gasteiger partial charge < -0.3 is 10.2 Å². The summed E-state index contributed by atoms with van der Waals surface area (Å²) in [6.45, 7) is 1.69. The Bertz CT molecular complexity index is 759. The molecule has 0 bridgehead atoms. The minimum Gasteiger partial charge on any atom is -0.363 e. The van der Waals surface area contributed by atoms with Crippen LogP contribution in [0.5, 0.6) is 0 Å². The molecule has 0 saturated carbocycles. The van der Waals surface area contributed by atoms with Crippen molar-refractivity contribution in [1.29, 1.82) is 0 Å². The second-order valence-electron chi connectivity index (χ2n) is 4.78. The van der Waals surface area contributed by atoms with Crippen molar-refractivity contribution in [3.63, 3.8) is 0 Å². The Balaban J connectivity index is 2.34. The van der Waals surface area contributed by atoms with Gasteiger partial charge in [-0.3, -0.25) is 0 Å². The standard InChI is InChI=1S/C13H17N5O2S/c1-9-4-5-10(8-11(9)21(14,19)20)16-13-15-7-6-12(17-13)18(2)3/h4-8H,1-3H3,(H2,14,19,20)(H,15,16,17). The monoisotopic (exact) mass is 307 g/mol. The topological polar surface area (TPSA) is 101 Å². The van der Waals surface area contributed by atoms with Crippen LogP contribution in [0.15, 0.2) is 35.4 Å². The van der Waals surface area contributed by atoms with Crippen LogP contribution in [-0.4, -0.2) is 32.5 Å². The van der Waals surface area contributed by atoms with Crippen molar-refractivity contribution >= 4 is 27.5 Å². The molecular formula is C13H17N5O2S. The highest BCUT2D eigenvalue weighted by molar-refractivity contribution is 7.89. The van der Waals surface area contributed by atoms with Crippen LogP contribution in [0, 0.1) is 6.92 Å². The van der Waals surface area contributed by atoms with E-state index in [2.05, 4.69) is 15.3 Å². The molecule has 0 aliphatic carbocycles. The highest BCUT2D eigenvalue weighted by Crippen LogP contribution is 2.21. The molecule has 0 unspecified atom stereocenters. The summed E-state index contributed by atoms with van der Waals surface area (Å²) in [7, 11) is -0.0147. The minimum absolute atomic E-state index is 0.0799. The number of nitrogens with one attached hydrogen (secondary N) is 1. The average molecular weight is 307 g/mol. The summed E-state index contributed by atoms with van der Waals surface area (Å²) in [4.78, 5) is 10.3. The summed E-state index contributed by atoms with van der Waals surface area (Å²) in [5, 5.41) is 8.16. The molecule has 7 nitrogen and oxygen atoms in total. The van der Waals surface area contributed by atoms with Gasteiger partial charge in [-0.2, -0.15) is 4.98 Å². The number of sulfonamides is 1. The zero-order valence-electron chi connectivity index (χ0n) is 12.0. The van der Waals surface area contributed by atoms with Crippen molar-refractivity contribution < 1.29 is 8.42 Å². The van der Waals surface area contributed by atoms with Gasteiger partial charge in [0, 0.05) is 26.0 Å². The molecule has 112 valence electrons. The molecule has 0 saturated heterocycles. The lowest BCUT2D eigenvalue weighted by atomic mass is 10.2. The maximum Gasteiger partial charge on any atom is 0.238 e. The van der Waals surface area contributed by atoms with Gasteiger partial charge in [0.2, 0.25) is 16.0 Å². The molecule has 1 aromatic heterocycles. The van der Waals surface area contributed by atoms with Crippen LogP contribution < -0.4 is 15.4 Å². The van der Waals surface area contributed by atoms with E-state index >= 15 is 0 Å². The van der Waals surface area contributed by atoms with Crippen LogP contribution in [0.25, 0.3) is 0 Å². The molecule has 0 radical (unpaired) electrons. The lowest BCUT2D eigenvalue weighted by Crippen LogP contribution is -2.14. The predicted molar refractivity (Wildman–Crippen MR) is 82.2 cm³/mol. The SMILES string of the molecule is Cc1ccc(Nc2nccc(N(C)C)n2)cc1S(N)(=O)=O. The number of hydrogen-bond acceptors (Lipinski definition) is 6. The van der Waals surface area contributed by atoms with Gasteiger partial charge in [-0.25, -0.2) is 18.5 Å². The molecule has 2 aromatic rings. The van der Waals surface area contributed by atoms with Crippen molar-refractivity contribution in [3.05, 3.63) is 36.0 Å². The second-order valence-corrected chi connectivity index (χ2v) is 6.31. The number of hydrogen-bond donors (Lipinski definition) is 2. The normalized spacial score (nSPS) is 11.2. The van der Waals surface area contributed by atoms with E-state index in [1.165, 1.54) is 6.07 Å². The van der Waals surface area contributed by atoms with E-state index < -0.39 is 10.0 Å². The van der Waals surface area contributed by atoms with Gasteiger partial charge in [0.15, 0.2) is 0 Å². The molecule has 3 N–H and O–H groups in total. The number of nitrogens with zero attached hydrogens (tertiary/aromatic N) is 3. The maximum absolute atomic E-state index is 11.5. The zero-order chi connectivity index (χ0) is 15.6. The van der Waals surface area contributed by atoms with Crippen molar-refractivity contribution in [3.8, 4) is 0 Å².